The van der Waals surface area contributed by atoms with E-state index in [2.05, 4.69) is 100 Å². The molecule has 3 heteroatoms. The summed E-state index contributed by atoms with van der Waals surface area (Å²) in [5, 5.41) is 3.98. The van der Waals surface area contributed by atoms with Gasteiger partial charge >= 0.3 is 0 Å². The van der Waals surface area contributed by atoms with Gasteiger partial charge in [0.15, 0.2) is 0 Å². The lowest BCUT2D eigenvalue weighted by molar-refractivity contribution is 0.229. The van der Waals surface area contributed by atoms with E-state index in [0.29, 0.717) is 0 Å². The highest BCUT2D eigenvalue weighted by Crippen LogP contribution is 2.29. The lowest BCUT2D eigenvalue weighted by atomic mass is 10.1. The quantitative estimate of drug-likeness (QED) is 0.427. The van der Waals surface area contributed by atoms with Crippen molar-refractivity contribution < 1.29 is 0 Å². The van der Waals surface area contributed by atoms with Gasteiger partial charge in [0.05, 0.1) is 17.7 Å². The van der Waals surface area contributed by atoms with Crippen molar-refractivity contribution in [3.05, 3.63) is 84.6 Å². The number of aromatic nitrogens is 2. The molecular weight excluding hydrogens is 330 g/mol. The molecule has 27 heavy (non-hydrogen) atoms. The largest absolute Gasteiger partial charge is 0.361 e. The molecule has 0 radical (unpaired) electrons. The van der Waals surface area contributed by atoms with Crippen LogP contribution >= 0.6 is 0 Å². The van der Waals surface area contributed by atoms with Crippen molar-refractivity contribution >= 4 is 32.7 Å². The number of nitrogens with zero attached hydrogens (tertiary/aromatic N) is 2. The van der Waals surface area contributed by atoms with Crippen LogP contribution in [-0.2, 0) is 13.2 Å². The normalized spacial score (nSPS) is 11.9. The molecule has 0 saturated carbocycles. The van der Waals surface area contributed by atoms with Crippen molar-refractivity contribution in [1.29, 1.82) is 0 Å². The molecular formula is C24H23N3. The third-order valence-electron chi connectivity index (χ3n) is 5.54. The van der Waals surface area contributed by atoms with Crippen LogP contribution < -0.4 is 0 Å². The van der Waals surface area contributed by atoms with Crippen molar-refractivity contribution in [3.63, 3.8) is 0 Å². The Kier molecular flexibility index (Phi) is 3.95. The second-order valence-corrected chi connectivity index (χ2v) is 7.11. The van der Waals surface area contributed by atoms with Crippen molar-refractivity contribution in [1.82, 2.24) is 14.5 Å². The predicted molar refractivity (Wildman–Crippen MR) is 114 cm³/mol. The Labute approximate surface area is 158 Å². The molecule has 0 saturated heterocycles. The third-order valence-corrected chi connectivity index (χ3v) is 5.54. The number of H-pyrrole nitrogens is 1. The van der Waals surface area contributed by atoms with Crippen LogP contribution in [0.3, 0.4) is 0 Å². The van der Waals surface area contributed by atoms with E-state index in [-0.39, 0.29) is 0 Å². The number of rotatable bonds is 5. The summed E-state index contributed by atoms with van der Waals surface area (Å²) < 4.78 is 2.45. The zero-order valence-corrected chi connectivity index (χ0v) is 15.5. The van der Waals surface area contributed by atoms with Gasteiger partial charge in [-0.05, 0) is 30.3 Å². The average Bonchev–Trinajstić information content (AvgIpc) is 3.27. The number of aromatic amines is 1. The van der Waals surface area contributed by atoms with E-state index in [1.54, 1.807) is 0 Å². The lowest BCUT2D eigenvalue weighted by Crippen LogP contribution is -2.25. The highest BCUT2D eigenvalue weighted by Gasteiger charge is 2.14. The molecule has 0 amide bonds. The van der Waals surface area contributed by atoms with Gasteiger partial charge in [0.2, 0.25) is 0 Å². The van der Waals surface area contributed by atoms with Crippen LogP contribution in [0, 0.1) is 0 Å². The first-order chi connectivity index (χ1) is 13.3. The van der Waals surface area contributed by atoms with Crippen molar-refractivity contribution in [2.45, 2.75) is 20.1 Å². The number of hydrogen-bond acceptors (Lipinski definition) is 1. The van der Waals surface area contributed by atoms with Crippen molar-refractivity contribution in [3.8, 4) is 0 Å². The van der Waals surface area contributed by atoms with Gasteiger partial charge in [-0.15, -0.1) is 0 Å². The van der Waals surface area contributed by atoms with E-state index in [0.717, 1.165) is 19.8 Å². The van der Waals surface area contributed by atoms with Crippen LogP contribution in [0.15, 0.2) is 79.0 Å². The van der Waals surface area contributed by atoms with Gasteiger partial charge in [0, 0.05) is 34.4 Å². The number of para-hydroxylation sites is 3. The summed E-state index contributed by atoms with van der Waals surface area (Å²) in [6, 6.07) is 26.0. The molecule has 3 aromatic carbocycles. The summed E-state index contributed by atoms with van der Waals surface area (Å²) >= 11 is 0. The maximum absolute atomic E-state index is 3.40. The van der Waals surface area contributed by atoms with Gasteiger partial charge in [-0.3, -0.25) is 4.90 Å². The van der Waals surface area contributed by atoms with Crippen molar-refractivity contribution in [2.75, 3.05) is 6.54 Å². The van der Waals surface area contributed by atoms with Crippen LogP contribution in [0.4, 0.5) is 0 Å². The SMILES string of the molecule is CCN(Cc1c[nH]c2ccccc12)Cn1c2ccccc2c2ccccc21. The van der Waals surface area contributed by atoms with Crippen molar-refractivity contribution in [2.24, 2.45) is 0 Å². The molecule has 0 aliphatic carbocycles. The van der Waals surface area contributed by atoms with Crippen LogP contribution in [0.25, 0.3) is 32.7 Å². The summed E-state index contributed by atoms with van der Waals surface area (Å²) in [6.07, 6.45) is 2.15. The highest BCUT2D eigenvalue weighted by molar-refractivity contribution is 6.07. The Morgan fingerprint density at radius 1 is 0.778 bits per heavy atom. The van der Waals surface area contributed by atoms with Crippen LogP contribution in [-0.4, -0.2) is 21.0 Å². The molecule has 0 fully saturated rings. The van der Waals surface area contributed by atoms with Gasteiger partial charge < -0.3 is 9.55 Å². The lowest BCUT2D eigenvalue weighted by Gasteiger charge is -2.22. The minimum absolute atomic E-state index is 0.879. The second kappa shape index (κ2) is 6.60. The number of hydrogen-bond donors (Lipinski definition) is 1. The van der Waals surface area contributed by atoms with E-state index >= 15 is 0 Å². The first kappa shape index (κ1) is 16.2. The first-order valence-corrected chi connectivity index (χ1v) is 9.58. The molecule has 0 aliphatic heterocycles. The third kappa shape index (κ3) is 2.71. The standard InChI is InChI=1S/C24H23N3/c1-2-26(16-18-15-25-22-12-6-3-9-19(18)22)17-27-23-13-7-4-10-20(23)21-11-5-8-14-24(21)27/h3-15,25H,2,16-17H2,1H3. The van der Waals surface area contributed by atoms with Gasteiger partial charge in [-0.1, -0.05) is 61.5 Å². The van der Waals surface area contributed by atoms with E-state index in [1.807, 2.05) is 0 Å². The minimum Gasteiger partial charge on any atom is -0.361 e. The summed E-state index contributed by atoms with van der Waals surface area (Å²) in [5.41, 5.74) is 5.17. The summed E-state index contributed by atoms with van der Waals surface area (Å²) in [6.45, 7) is 5.05. The second-order valence-electron chi connectivity index (χ2n) is 7.11. The fourth-order valence-electron chi connectivity index (χ4n) is 4.12. The molecule has 0 bridgehead atoms. The van der Waals surface area contributed by atoms with E-state index in [1.165, 1.54) is 38.3 Å². The van der Waals surface area contributed by atoms with E-state index < -0.39 is 0 Å². The Hall–Kier alpha value is -3.04. The fourth-order valence-corrected chi connectivity index (χ4v) is 4.12. The Morgan fingerprint density at radius 3 is 2.04 bits per heavy atom. The zero-order valence-electron chi connectivity index (χ0n) is 15.5. The molecule has 0 atom stereocenters. The highest BCUT2D eigenvalue weighted by atomic mass is 15.2. The van der Waals surface area contributed by atoms with E-state index in [9.17, 15) is 0 Å². The number of fused-ring (bicyclic) bond motifs is 4. The predicted octanol–water partition coefficient (Wildman–Crippen LogP) is 5.76. The Bertz CT molecular complexity index is 1180. The molecule has 3 nitrogen and oxygen atoms in total. The maximum atomic E-state index is 3.40. The van der Waals surface area contributed by atoms with Crippen LogP contribution in [0.2, 0.25) is 0 Å². The Morgan fingerprint density at radius 2 is 1.37 bits per heavy atom. The smallest absolute Gasteiger partial charge is 0.0759 e. The summed E-state index contributed by atoms with van der Waals surface area (Å²) in [5.74, 6) is 0. The summed E-state index contributed by atoms with van der Waals surface area (Å²) in [7, 11) is 0. The molecule has 0 unspecified atom stereocenters. The van der Waals surface area contributed by atoms with Crippen LogP contribution in [0.5, 0.6) is 0 Å². The average molecular weight is 353 g/mol. The van der Waals surface area contributed by atoms with E-state index in [4.69, 9.17) is 0 Å². The molecule has 2 aromatic heterocycles. The number of nitrogens with one attached hydrogen (secondary N) is 1. The Balaban J connectivity index is 1.54. The monoisotopic (exact) mass is 353 g/mol. The van der Waals surface area contributed by atoms with Gasteiger partial charge in [0.1, 0.15) is 0 Å². The molecule has 0 spiro atoms. The minimum atomic E-state index is 0.879. The number of benzene rings is 3. The molecule has 134 valence electrons. The maximum Gasteiger partial charge on any atom is 0.0759 e. The topological polar surface area (TPSA) is 24.0 Å². The van der Waals surface area contributed by atoms with Gasteiger partial charge in [-0.2, -0.15) is 0 Å². The zero-order chi connectivity index (χ0) is 18.2. The molecule has 1 N–H and O–H groups in total. The first-order valence-electron chi connectivity index (χ1n) is 9.58. The van der Waals surface area contributed by atoms with Crippen LogP contribution in [0.1, 0.15) is 12.5 Å². The molecule has 5 aromatic rings. The van der Waals surface area contributed by atoms with Gasteiger partial charge in [0.25, 0.3) is 0 Å². The molecule has 2 heterocycles. The molecule has 5 rings (SSSR count). The summed E-state index contributed by atoms with van der Waals surface area (Å²) in [4.78, 5) is 5.90. The van der Waals surface area contributed by atoms with Gasteiger partial charge in [-0.25, -0.2) is 0 Å². The molecule has 0 aliphatic rings. The fraction of sp³-hybridized carbons (Fsp3) is 0.167.